The molecule has 5 nitrogen and oxygen atoms in total. The molecule has 0 aliphatic heterocycles. The van der Waals surface area contributed by atoms with Crippen LogP contribution in [-0.2, 0) is 6.54 Å². The summed E-state index contributed by atoms with van der Waals surface area (Å²) < 4.78 is 0. The molecule has 5 heteroatoms. The van der Waals surface area contributed by atoms with Crippen LogP contribution < -0.4 is 10.6 Å². The predicted molar refractivity (Wildman–Crippen MR) is 118 cm³/mol. The van der Waals surface area contributed by atoms with Crippen molar-refractivity contribution in [2.75, 3.05) is 5.32 Å². The van der Waals surface area contributed by atoms with Gasteiger partial charge < -0.3 is 10.6 Å². The molecule has 0 bridgehead atoms. The molecule has 150 valence electrons. The van der Waals surface area contributed by atoms with Crippen LogP contribution in [0.5, 0.6) is 0 Å². The van der Waals surface area contributed by atoms with Gasteiger partial charge >= 0.3 is 0 Å². The number of rotatable bonds is 7. The summed E-state index contributed by atoms with van der Waals surface area (Å²) in [5, 5.41) is 6.45. The fourth-order valence-electron chi connectivity index (χ4n) is 3.25. The number of anilines is 2. The summed E-state index contributed by atoms with van der Waals surface area (Å²) in [6.45, 7) is 9.20. The van der Waals surface area contributed by atoms with E-state index >= 15 is 0 Å². The van der Waals surface area contributed by atoms with Crippen LogP contribution in [-0.4, -0.2) is 15.9 Å². The summed E-state index contributed by atoms with van der Waals surface area (Å²) >= 11 is 0. The Labute approximate surface area is 172 Å². The van der Waals surface area contributed by atoms with Gasteiger partial charge in [-0.05, 0) is 52.8 Å². The van der Waals surface area contributed by atoms with Gasteiger partial charge in [-0.15, -0.1) is 0 Å². The molecule has 0 aliphatic rings. The van der Waals surface area contributed by atoms with E-state index in [1.807, 2.05) is 18.2 Å². The number of para-hydroxylation sites is 1. The zero-order chi connectivity index (χ0) is 20.8. The molecule has 0 atom stereocenters. The molecule has 0 fully saturated rings. The Morgan fingerprint density at radius 2 is 1.59 bits per heavy atom. The Bertz CT molecular complexity index is 941. The van der Waals surface area contributed by atoms with Crippen LogP contribution in [0.3, 0.4) is 0 Å². The lowest BCUT2D eigenvalue weighted by molar-refractivity contribution is 0.0946. The van der Waals surface area contributed by atoms with Gasteiger partial charge in [-0.1, -0.05) is 45.9 Å². The van der Waals surface area contributed by atoms with E-state index in [1.165, 1.54) is 11.1 Å². The molecule has 1 amide bonds. The summed E-state index contributed by atoms with van der Waals surface area (Å²) in [7, 11) is 0. The minimum Gasteiger partial charge on any atom is -0.355 e. The number of benzene rings is 1. The highest BCUT2D eigenvalue weighted by Gasteiger charge is 2.15. The van der Waals surface area contributed by atoms with Gasteiger partial charge in [0.2, 0.25) is 0 Å². The quantitative estimate of drug-likeness (QED) is 0.569. The molecule has 29 heavy (non-hydrogen) atoms. The molecule has 0 aliphatic carbocycles. The van der Waals surface area contributed by atoms with Gasteiger partial charge in [-0.2, -0.15) is 0 Å². The number of carbonyl (C=O) groups excluding carboxylic acids is 1. The van der Waals surface area contributed by atoms with Crippen molar-refractivity contribution in [3.8, 4) is 0 Å². The number of aromatic nitrogens is 2. The summed E-state index contributed by atoms with van der Waals surface area (Å²) in [6.07, 6.45) is 5.09. The minimum absolute atomic E-state index is 0.202. The van der Waals surface area contributed by atoms with Gasteiger partial charge in [-0.25, -0.2) is 0 Å². The highest BCUT2D eigenvalue weighted by Crippen LogP contribution is 2.34. The molecule has 0 radical (unpaired) electrons. The average Bonchev–Trinajstić information content (AvgIpc) is 2.72. The monoisotopic (exact) mass is 388 g/mol. The van der Waals surface area contributed by atoms with Crippen molar-refractivity contribution >= 4 is 17.3 Å². The number of hydrogen-bond acceptors (Lipinski definition) is 4. The maximum absolute atomic E-state index is 12.6. The second-order valence-electron chi connectivity index (χ2n) is 7.71. The van der Waals surface area contributed by atoms with Crippen LogP contribution in [0.4, 0.5) is 11.4 Å². The smallest absolute Gasteiger partial charge is 0.270 e. The highest BCUT2D eigenvalue weighted by atomic mass is 16.1. The zero-order valence-corrected chi connectivity index (χ0v) is 17.4. The third-order valence-corrected chi connectivity index (χ3v) is 4.84. The van der Waals surface area contributed by atoms with Crippen LogP contribution >= 0.6 is 0 Å². The fraction of sp³-hybridized carbons (Fsp3) is 0.292. The lowest BCUT2D eigenvalue weighted by Gasteiger charge is -2.21. The van der Waals surface area contributed by atoms with E-state index in [0.29, 0.717) is 24.1 Å². The first kappa shape index (κ1) is 20.5. The number of pyridine rings is 2. The van der Waals surface area contributed by atoms with E-state index in [0.717, 1.165) is 16.9 Å². The van der Waals surface area contributed by atoms with Crippen LogP contribution in [0.1, 0.15) is 66.7 Å². The molecule has 3 aromatic rings. The molecule has 0 spiro atoms. The topological polar surface area (TPSA) is 66.9 Å². The standard InChI is InChI=1S/C24H28N4O/c1-16(2)20-6-5-7-21(17(3)4)23(20)28-19-10-13-26-22(14-19)24(29)27-15-18-8-11-25-12-9-18/h5-14,16-17H,15H2,1-4H3,(H,26,28)(H,27,29). The molecular weight excluding hydrogens is 360 g/mol. The maximum atomic E-state index is 12.6. The molecule has 3 rings (SSSR count). The molecular formula is C24H28N4O. The van der Waals surface area contributed by atoms with E-state index in [4.69, 9.17) is 0 Å². The van der Waals surface area contributed by atoms with E-state index in [9.17, 15) is 4.79 Å². The van der Waals surface area contributed by atoms with Crippen molar-refractivity contribution in [2.24, 2.45) is 0 Å². The van der Waals surface area contributed by atoms with E-state index < -0.39 is 0 Å². The summed E-state index contributed by atoms with van der Waals surface area (Å²) in [4.78, 5) is 20.8. The normalized spacial score (nSPS) is 11.0. The minimum atomic E-state index is -0.202. The first-order valence-corrected chi connectivity index (χ1v) is 9.98. The molecule has 0 unspecified atom stereocenters. The van der Waals surface area contributed by atoms with Gasteiger partial charge in [0.1, 0.15) is 5.69 Å². The summed E-state index contributed by atoms with van der Waals surface area (Å²) in [6, 6.07) is 13.9. The predicted octanol–water partition coefficient (Wildman–Crippen LogP) is 5.40. The van der Waals surface area contributed by atoms with E-state index in [1.54, 1.807) is 24.7 Å². The summed E-state index contributed by atoms with van der Waals surface area (Å²) in [5.74, 6) is 0.578. The van der Waals surface area contributed by atoms with Crippen molar-refractivity contribution in [3.05, 3.63) is 83.4 Å². The maximum Gasteiger partial charge on any atom is 0.270 e. The Morgan fingerprint density at radius 1 is 0.931 bits per heavy atom. The number of nitrogens with one attached hydrogen (secondary N) is 2. The first-order chi connectivity index (χ1) is 14.0. The van der Waals surface area contributed by atoms with Gasteiger partial charge in [0.15, 0.2) is 0 Å². The Morgan fingerprint density at radius 3 is 2.21 bits per heavy atom. The fourth-order valence-corrected chi connectivity index (χ4v) is 3.25. The first-order valence-electron chi connectivity index (χ1n) is 9.98. The van der Waals surface area contributed by atoms with Crippen LogP contribution in [0.15, 0.2) is 61.1 Å². The molecule has 2 N–H and O–H groups in total. The number of carbonyl (C=O) groups is 1. The highest BCUT2D eigenvalue weighted by molar-refractivity contribution is 5.93. The molecule has 2 heterocycles. The largest absolute Gasteiger partial charge is 0.355 e. The van der Waals surface area contributed by atoms with Crippen LogP contribution in [0.25, 0.3) is 0 Å². The third-order valence-electron chi connectivity index (χ3n) is 4.84. The number of nitrogens with zero attached hydrogens (tertiary/aromatic N) is 2. The van der Waals surface area contributed by atoms with E-state index in [2.05, 4.69) is 66.5 Å². The molecule has 0 saturated heterocycles. The SMILES string of the molecule is CC(C)c1cccc(C(C)C)c1Nc1ccnc(C(=O)NCc2ccncc2)c1. The lowest BCUT2D eigenvalue weighted by atomic mass is 9.92. The van der Waals surface area contributed by atoms with Gasteiger partial charge in [-0.3, -0.25) is 14.8 Å². The second-order valence-corrected chi connectivity index (χ2v) is 7.71. The van der Waals surface area contributed by atoms with E-state index in [-0.39, 0.29) is 5.91 Å². The Kier molecular flexibility index (Phi) is 6.60. The van der Waals surface area contributed by atoms with Crippen molar-refractivity contribution in [1.29, 1.82) is 0 Å². The van der Waals surface area contributed by atoms with Gasteiger partial charge in [0, 0.05) is 36.5 Å². The average molecular weight is 389 g/mol. The third kappa shape index (κ3) is 5.19. The van der Waals surface area contributed by atoms with Gasteiger partial charge in [0.05, 0.1) is 0 Å². The summed E-state index contributed by atoms with van der Waals surface area (Å²) in [5.41, 5.74) is 5.87. The van der Waals surface area contributed by atoms with Crippen molar-refractivity contribution in [2.45, 2.75) is 46.1 Å². The van der Waals surface area contributed by atoms with Gasteiger partial charge in [0.25, 0.3) is 5.91 Å². The Balaban J connectivity index is 1.81. The van der Waals surface area contributed by atoms with Crippen LogP contribution in [0.2, 0.25) is 0 Å². The second kappa shape index (κ2) is 9.32. The molecule has 1 aromatic carbocycles. The molecule has 0 saturated carbocycles. The van der Waals surface area contributed by atoms with Crippen molar-refractivity contribution in [3.63, 3.8) is 0 Å². The van der Waals surface area contributed by atoms with Crippen molar-refractivity contribution < 1.29 is 4.79 Å². The Hall–Kier alpha value is -3.21. The number of amides is 1. The van der Waals surface area contributed by atoms with Crippen LogP contribution in [0, 0.1) is 0 Å². The number of hydrogen-bond donors (Lipinski definition) is 2. The zero-order valence-electron chi connectivity index (χ0n) is 17.4. The van der Waals surface area contributed by atoms with Crippen molar-refractivity contribution in [1.82, 2.24) is 15.3 Å². The lowest BCUT2D eigenvalue weighted by Crippen LogP contribution is -2.23. The molecule has 2 aromatic heterocycles.